The number of hydrogen-bond donors (Lipinski definition) is 3. The topological polar surface area (TPSA) is 104 Å². The zero-order chi connectivity index (χ0) is 14.4. The highest BCUT2D eigenvalue weighted by atomic mass is 32.1. The van der Waals surface area contributed by atoms with Crippen molar-refractivity contribution < 1.29 is 14.8 Å². The van der Waals surface area contributed by atoms with Gasteiger partial charge in [-0.3, -0.25) is 20.2 Å². The number of nitro groups is 1. The third-order valence-electron chi connectivity index (χ3n) is 2.10. The molecule has 0 aromatic heterocycles. The molecule has 0 aliphatic heterocycles. The number of rotatable bonds is 4. The van der Waals surface area contributed by atoms with Crippen LogP contribution >= 0.6 is 12.2 Å². The van der Waals surface area contributed by atoms with Crippen LogP contribution in [0.3, 0.4) is 0 Å². The summed E-state index contributed by atoms with van der Waals surface area (Å²) in [7, 11) is 0. The van der Waals surface area contributed by atoms with Gasteiger partial charge in [0.05, 0.1) is 11.0 Å². The fourth-order valence-electron chi connectivity index (χ4n) is 1.22. The smallest absolute Gasteiger partial charge is 0.270 e. The van der Waals surface area contributed by atoms with Crippen LogP contribution in [0.2, 0.25) is 0 Å². The lowest BCUT2D eigenvalue weighted by molar-refractivity contribution is -0.384. The lowest BCUT2D eigenvalue weighted by atomic mass is 10.2. The molecule has 3 N–H and O–H groups in total. The van der Waals surface area contributed by atoms with Crippen LogP contribution in [-0.2, 0) is 0 Å². The quantitative estimate of drug-likeness (QED) is 0.424. The first-order valence-electron chi connectivity index (χ1n) is 5.42. The third-order valence-corrected chi connectivity index (χ3v) is 2.35. The van der Waals surface area contributed by atoms with Gasteiger partial charge >= 0.3 is 0 Å². The Morgan fingerprint density at radius 2 is 2.26 bits per heavy atom. The van der Waals surface area contributed by atoms with Gasteiger partial charge in [0.1, 0.15) is 0 Å². The van der Waals surface area contributed by atoms with E-state index in [0.29, 0.717) is 0 Å². The first-order chi connectivity index (χ1) is 8.90. The number of aliphatic hydroxyl groups excluding tert-OH is 1. The monoisotopic (exact) mass is 283 g/mol. The summed E-state index contributed by atoms with van der Waals surface area (Å²) in [4.78, 5) is 21.8. The number of nitrogens with one attached hydrogen (secondary N) is 2. The van der Waals surface area contributed by atoms with Crippen LogP contribution in [0.1, 0.15) is 17.3 Å². The Morgan fingerprint density at radius 3 is 2.84 bits per heavy atom. The molecule has 1 amide bonds. The maximum atomic E-state index is 11.8. The van der Waals surface area contributed by atoms with E-state index in [1.165, 1.54) is 18.2 Å². The molecule has 0 saturated carbocycles. The van der Waals surface area contributed by atoms with E-state index in [2.05, 4.69) is 10.6 Å². The first-order valence-corrected chi connectivity index (χ1v) is 5.82. The molecule has 0 heterocycles. The van der Waals surface area contributed by atoms with Crippen LogP contribution in [0.4, 0.5) is 5.69 Å². The van der Waals surface area contributed by atoms with Crippen molar-refractivity contribution in [3.63, 3.8) is 0 Å². The van der Waals surface area contributed by atoms with Crippen molar-refractivity contribution >= 4 is 28.9 Å². The number of aliphatic hydroxyl groups is 1. The Kier molecular flexibility index (Phi) is 5.34. The summed E-state index contributed by atoms with van der Waals surface area (Å²) in [6, 6.07) is 5.31. The maximum absolute atomic E-state index is 11.8. The largest absolute Gasteiger partial charge is 0.392 e. The van der Waals surface area contributed by atoms with Crippen molar-refractivity contribution in [1.82, 2.24) is 10.6 Å². The summed E-state index contributed by atoms with van der Waals surface area (Å²) in [5.74, 6) is -0.549. The molecule has 1 unspecified atom stereocenters. The molecular weight excluding hydrogens is 270 g/mol. The SMILES string of the molecule is CC(O)CNC(=S)NC(=O)c1cccc([N+](=O)[O-])c1. The van der Waals surface area contributed by atoms with Crippen molar-refractivity contribution in [3.05, 3.63) is 39.9 Å². The van der Waals surface area contributed by atoms with Gasteiger partial charge in [0.25, 0.3) is 11.6 Å². The lowest BCUT2D eigenvalue weighted by Crippen LogP contribution is -2.41. The summed E-state index contributed by atoms with van der Waals surface area (Å²) in [6.45, 7) is 1.77. The Bertz CT molecular complexity index is 504. The van der Waals surface area contributed by atoms with Crippen LogP contribution < -0.4 is 10.6 Å². The van der Waals surface area contributed by atoms with Crippen molar-refractivity contribution in [2.45, 2.75) is 13.0 Å². The fourth-order valence-corrected chi connectivity index (χ4v) is 1.40. The fraction of sp³-hybridized carbons (Fsp3) is 0.273. The summed E-state index contributed by atoms with van der Waals surface area (Å²) in [5, 5.41) is 24.7. The van der Waals surface area contributed by atoms with Gasteiger partial charge in [0, 0.05) is 24.2 Å². The number of hydrogen-bond acceptors (Lipinski definition) is 5. The minimum atomic E-state index is -0.604. The van der Waals surface area contributed by atoms with E-state index in [4.69, 9.17) is 17.3 Å². The number of non-ortho nitro benzene ring substituents is 1. The Balaban J connectivity index is 2.65. The number of amides is 1. The van der Waals surface area contributed by atoms with Gasteiger partial charge in [-0.1, -0.05) is 6.07 Å². The summed E-state index contributed by atoms with van der Waals surface area (Å²) in [6.07, 6.45) is -0.604. The van der Waals surface area contributed by atoms with Gasteiger partial charge < -0.3 is 10.4 Å². The van der Waals surface area contributed by atoms with Gasteiger partial charge in [-0.25, -0.2) is 0 Å². The number of carbonyl (C=O) groups is 1. The number of nitro benzene ring substituents is 1. The second-order valence-electron chi connectivity index (χ2n) is 3.82. The average molecular weight is 283 g/mol. The number of carbonyl (C=O) groups excluding carboxylic acids is 1. The van der Waals surface area contributed by atoms with Gasteiger partial charge in [0.2, 0.25) is 0 Å². The van der Waals surface area contributed by atoms with E-state index in [0.717, 1.165) is 6.07 Å². The number of thiocarbonyl (C=S) groups is 1. The number of benzene rings is 1. The minimum Gasteiger partial charge on any atom is -0.392 e. The van der Waals surface area contributed by atoms with Crippen LogP contribution in [0.5, 0.6) is 0 Å². The average Bonchev–Trinajstić information content (AvgIpc) is 2.36. The normalized spacial score (nSPS) is 11.5. The zero-order valence-corrected chi connectivity index (χ0v) is 10.9. The van der Waals surface area contributed by atoms with Crippen molar-refractivity contribution in [3.8, 4) is 0 Å². The Labute approximate surface area is 114 Å². The maximum Gasteiger partial charge on any atom is 0.270 e. The molecule has 1 atom stereocenters. The minimum absolute atomic E-state index is 0.0532. The predicted octanol–water partition coefficient (Wildman–Crippen LogP) is 0.580. The molecule has 102 valence electrons. The molecule has 0 aliphatic carbocycles. The molecule has 1 aromatic rings. The van der Waals surface area contributed by atoms with Crippen LogP contribution in [0.15, 0.2) is 24.3 Å². The molecule has 19 heavy (non-hydrogen) atoms. The second-order valence-corrected chi connectivity index (χ2v) is 4.23. The van der Waals surface area contributed by atoms with E-state index in [9.17, 15) is 14.9 Å². The van der Waals surface area contributed by atoms with E-state index >= 15 is 0 Å². The molecule has 1 aromatic carbocycles. The first kappa shape index (κ1) is 15.0. The van der Waals surface area contributed by atoms with Crippen molar-refractivity contribution in [1.29, 1.82) is 0 Å². The van der Waals surface area contributed by atoms with E-state index in [1.807, 2.05) is 0 Å². The Morgan fingerprint density at radius 1 is 1.58 bits per heavy atom. The zero-order valence-electron chi connectivity index (χ0n) is 10.1. The number of nitrogens with zero attached hydrogens (tertiary/aromatic N) is 1. The van der Waals surface area contributed by atoms with Gasteiger partial charge in [-0.15, -0.1) is 0 Å². The van der Waals surface area contributed by atoms with Crippen molar-refractivity contribution in [2.75, 3.05) is 6.54 Å². The van der Waals surface area contributed by atoms with Crippen LogP contribution in [-0.4, -0.2) is 33.7 Å². The summed E-state index contributed by atoms with van der Waals surface area (Å²) in [5.41, 5.74) is -0.0362. The second kappa shape index (κ2) is 6.76. The van der Waals surface area contributed by atoms with Gasteiger partial charge in [-0.05, 0) is 25.2 Å². The van der Waals surface area contributed by atoms with E-state index in [-0.39, 0.29) is 22.9 Å². The van der Waals surface area contributed by atoms with E-state index in [1.54, 1.807) is 6.92 Å². The lowest BCUT2D eigenvalue weighted by Gasteiger charge is -2.10. The highest BCUT2D eigenvalue weighted by Crippen LogP contribution is 2.12. The summed E-state index contributed by atoms with van der Waals surface area (Å²) >= 11 is 4.85. The molecule has 0 fully saturated rings. The Hall–Kier alpha value is -2.06. The molecule has 0 saturated heterocycles. The molecule has 0 aliphatic rings. The molecule has 8 heteroatoms. The predicted molar refractivity (Wildman–Crippen MR) is 72.8 cm³/mol. The summed E-state index contributed by atoms with van der Waals surface area (Å²) < 4.78 is 0. The van der Waals surface area contributed by atoms with Gasteiger partial charge in [0.15, 0.2) is 5.11 Å². The third kappa shape index (κ3) is 4.98. The van der Waals surface area contributed by atoms with E-state index < -0.39 is 16.9 Å². The highest BCUT2D eigenvalue weighted by Gasteiger charge is 2.12. The standard InChI is InChI=1S/C11H13N3O4S/c1-7(15)6-12-11(19)13-10(16)8-3-2-4-9(5-8)14(17)18/h2-5,7,15H,6H2,1H3,(H2,12,13,16,19). The molecule has 0 spiro atoms. The van der Waals surface area contributed by atoms with Gasteiger partial charge in [-0.2, -0.15) is 0 Å². The van der Waals surface area contributed by atoms with Crippen LogP contribution in [0, 0.1) is 10.1 Å². The molecule has 7 nitrogen and oxygen atoms in total. The molecular formula is C11H13N3O4S. The molecule has 0 bridgehead atoms. The highest BCUT2D eigenvalue weighted by molar-refractivity contribution is 7.80. The van der Waals surface area contributed by atoms with Crippen molar-refractivity contribution in [2.24, 2.45) is 0 Å². The van der Waals surface area contributed by atoms with Crippen LogP contribution in [0.25, 0.3) is 0 Å². The molecule has 0 radical (unpaired) electrons. The molecule has 1 rings (SSSR count).